The fraction of sp³-hybridized carbons (Fsp3) is 0.462. The van der Waals surface area contributed by atoms with Crippen LogP contribution in [0.5, 0.6) is 0 Å². The van der Waals surface area contributed by atoms with E-state index in [2.05, 4.69) is 36.2 Å². The Hall–Kier alpha value is -1.23. The molecule has 0 radical (unpaired) electrons. The van der Waals surface area contributed by atoms with E-state index < -0.39 is 6.10 Å². The summed E-state index contributed by atoms with van der Waals surface area (Å²) in [6.45, 7) is 2.29. The molecule has 2 rings (SSSR count). The Kier molecular flexibility index (Phi) is 3.57. The van der Waals surface area contributed by atoms with Crippen LogP contribution in [0.15, 0.2) is 29.3 Å². The molecule has 2 unspecified atom stereocenters. The molecule has 4 heteroatoms. The monoisotopic (exact) mass is 234 g/mol. The van der Waals surface area contributed by atoms with Gasteiger partial charge in [0.25, 0.3) is 0 Å². The maximum absolute atomic E-state index is 9.46. The van der Waals surface area contributed by atoms with E-state index in [1.54, 1.807) is 0 Å². The quantitative estimate of drug-likeness (QED) is 0.649. The minimum Gasteiger partial charge on any atom is -0.392 e. The molecule has 1 aliphatic rings. The van der Waals surface area contributed by atoms with Gasteiger partial charge in [0.2, 0.25) is 0 Å². The van der Waals surface area contributed by atoms with Crippen LogP contribution >= 0.6 is 0 Å². The summed E-state index contributed by atoms with van der Waals surface area (Å²) in [5, 5.41) is 17.9. The van der Waals surface area contributed by atoms with Crippen molar-refractivity contribution in [2.24, 2.45) is 4.99 Å². The number of aryl methyl sites for hydroxylation is 1. The predicted octanol–water partition coefficient (Wildman–Crippen LogP) is 1.26. The summed E-state index contributed by atoms with van der Waals surface area (Å²) in [6.07, 6.45) is 2.88. The number of rotatable bonds is 6. The van der Waals surface area contributed by atoms with Gasteiger partial charge in [0.05, 0.1) is 6.10 Å². The second-order valence-electron chi connectivity index (χ2n) is 4.66. The van der Waals surface area contributed by atoms with Gasteiger partial charge in [-0.3, -0.25) is 4.99 Å². The van der Waals surface area contributed by atoms with Crippen LogP contribution in [0.4, 0.5) is 0 Å². The molecule has 0 amide bonds. The minimum atomic E-state index is -0.510. The van der Waals surface area contributed by atoms with E-state index in [0.29, 0.717) is 6.42 Å². The smallest absolute Gasteiger partial charge is 0.117 e. The molecule has 1 aliphatic heterocycles. The van der Waals surface area contributed by atoms with Crippen LogP contribution in [0, 0.1) is 0 Å². The third-order valence-electron chi connectivity index (χ3n) is 3.15. The van der Waals surface area contributed by atoms with Gasteiger partial charge in [-0.2, -0.15) is 0 Å². The lowest BCUT2D eigenvalue weighted by molar-refractivity contribution is 0.0874. The lowest BCUT2D eigenvalue weighted by atomic mass is 9.97. The van der Waals surface area contributed by atoms with Crippen LogP contribution in [0.25, 0.3) is 0 Å². The zero-order chi connectivity index (χ0) is 12.3. The fourth-order valence-corrected chi connectivity index (χ4v) is 1.80. The average Bonchev–Trinajstić information content (AvgIpc) is 3.07. The summed E-state index contributed by atoms with van der Waals surface area (Å²) < 4.78 is 0. The fourth-order valence-electron chi connectivity index (χ4n) is 1.80. The Morgan fingerprint density at radius 2 is 2.00 bits per heavy atom. The highest BCUT2D eigenvalue weighted by Gasteiger charge is 2.32. The van der Waals surface area contributed by atoms with Crippen molar-refractivity contribution < 1.29 is 10.3 Å². The van der Waals surface area contributed by atoms with Crippen molar-refractivity contribution in [1.82, 2.24) is 5.48 Å². The molecule has 0 bridgehead atoms. The molecule has 0 aromatic heterocycles. The molecule has 0 spiro atoms. The Bertz CT molecular complexity index is 394. The van der Waals surface area contributed by atoms with Gasteiger partial charge in [-0.25, -0.2) is 5.48 Å². The van der Waals surface area contributed by atoms with Gasteiger partial charge in [0, 0.05) is 12.8 Å². The number of nitrogens with one attached hydrogen (secondary N) is 1. The van der Waals surface area contributed by atoms with E-state index in [1.807, 2.05) is 11.7 Å². The van der Waals surface area contributed by atoms with E-state index in [4.69, 9.17) is 5.21 Å². The minimum absolute atomic E-state index is 0.0706. The van der Waals surface area contributed by atoms with E-state index >= 15 is 0 Å². The van der Waals surface area contributed by atoms with Gasteiger partial charge in [-0.15, -0.1) is 0 Å². The summed E-state index contributed by atoms with van der Waals surface area (Å²) >= 11 is 0. The van der Waals surface area contributed by atoms with Crippen molar-refractivity contribution in [2.45, 2.75) is 31.4 Å². The van der Waals surface area contributed by atoms with Crippen LogP contribution in [0.3, 0.4) is 0 Å². The molecule has 4 nitrogen and oxygen atoms in total. The SMILES string of the molecule is CC1(c2ccc(CCC(O)CNO)cc2)C=N1. The lowest BCUT2D eigenvalue weighted by Crippen LogP contribution is -2.24. The van der Waals surface area contributed by atoms with Gasteiger partial charge in [0.1, 0.15) is 5.54 Å². The number of benzene rings is 1. The molecule has 0 aliphatic carbocycles. The largest absolute Gasteiger partial charge is 0.392 e. The average molecular weight is 234 g/mol. The Balaban J connectivity index is 1.86. The van der Waals surface area contributed by atoms with Crippen LogP contribution < -0.4 is 5.48 Å². The van der Waals surface area contributed by atoms with Crippen molar-refractivity contribution >= 4 is 6.21 Å². The number of aliphatic hydroxyl groups excluding tert-OH is 1. The highest BCUT2D eigenvalue weighted by atomic mass is 16.5. The highest BCUT2D eigenvalue weighted by Crippen LogP contribution is 2.32. The van der Waals surface area contributed by atoms with Crippen molar-refractivity contribution in [3.05, 3.63) is 35.4 Å². The van der Waals surface area contributed by atoms with Crippen LogP contribution in [0.1, 0.15) is 24.5 Å². The molecule has 0 saturated heterocycles. The summed E-state index contributed by atoms with van der Waals surface area (Å²) in [5.74, 6) is 0. The molecule has 17 heavy (non-hydrogen) atoms. The first-order valence-corrected chi connectivity index (χ1v) is 5.85. The summed E-state index contributed by atoms with van der Waals surface area (Å²) in [7, 11) is 0. The normalized spacial score (nSPS) is 23.7. The Labute approximate surface area is 101 Å². The molecule has 1 aromatic carbocycles. The van der Waals surface area contributed by atoms with Gasteiger partial charge in [0.15, 0.2) is 0 Å². The molecule has 0 saturated carbocycles. The highest BCUT2D eigenvalue weighted by molar-refractivity contribution is 5.85. The number of hydroxylamine groups is 1. The van der Waals surface area contributed by atoms with E-state index in [-0.39, 0.29) is 12.1 Å². The lowest BCUT2D eigenvalue weighted by Gasteiger charge is -2.10. The number of aliphatic imine (C=N–C) groups is 1. The third kappa shape index (κ3) is 3.12. The second kappa shape index (κ2) is 4.96. The molecule has 0 fully saturated rings. The zero-order valence-corrected chi connectivity index (χ0v) is 9.93. The van der Waals surface area contributed by atoms with E-state index in [1.165, 1.54) is 11.1 Å². The van der Waals surface area contributed by atoms with Crippen LogP contribution in [-0.4, -0.2) is 29.2 Å². The topological polar surface area (TPSA) is 64.8 Å². The van der Waals surface area contributed by atoms with Crippen molar-refractivity contribution in [1.29, 1.82) is 0 Å². The molecular weight excluding hydrogens is 216 g/mol. The van der Waals surface area contributed by atoms with Gasteiger partial charge < -0.3 is 10.3 Å². The summed E-state index contributed by atoms with van der Waals surface area (Å²) in [6, 6.07) is 8.31. The predicted molar refractivity (Wildman–Crippen MR) is 66.4 cm³/mol. The van der Waals surface area contributed by atoms with Crippen LogP contribution in [0.2, 0.25) is 0 Å². The maximum atomic E-state index is 9.46. The van der Waals surface area contributed by atoms with Crippen LogP contribution in [-0.2, 0) is 12.0 Å². The van der Waals surface area contributed by atoms with Crippen molar-refractivity contribution in [3.63, 3.8) is 0 Å². The summed E-state index contributed by atoms with van der Waals surface area (Å²) in [4.78, 5) is 4.23. The molecule has 3 N–H and O–H groups in total. The molecule has 2 atom stereocenters. The standard InChI is InChI=1S/C13H18N2O2/c1-13(9-14-13)11-5-2-10(3-6-11)4-7-12(16)8-15-17/h2-3,5-6,9,12,15-17H,4,7-8H2,1H3. The maximum Gasteiger partial charge on any atom is 0.117 e. The molecule has 1 aromatic rings. The zero-order valence-electron chi connectivity index (χ0n) is 9.93. The van der Waals surface area contributed by atoms with Crippen molar-refractivity contribution in [2.75, 3.05) is 6.54 Å². The first-order valence-electron chi connectivity index (χ1n) is 5.85. The number of hydrogen-bond acceptors (Lipinski definition) is 4. The number of hydrogen-bond donors (Lipinski definition) is 3. The van der Waals surface area contributed by atoms with Gasteiger partial charge >= 0.3 is 0 Å². The van der Waals surface area contributed by atoms with E-state index in [9.17, 15) is 5.11 Å². The molecule has 92 valence electrons. The Morgan fingerprint density at radius 3 is 2.53 bits per heavy atom. The Morgan fingerprint density at radius 1 is 1.35 bits per heavy atom. The van der Waals surface area contributed by atoms with E-state index in [0.717, 1.165) is 6.42 Å². The van der Waals surface area contributed by atoms with Gasteiger partial charge in [-0.05, 0) is 30.9 Å². The second-order valence-corrected chi connectivity index (χ2v) is 4.66. The first kappa shape index (κ1) is 12.2. The number of aliphatic hydroxyl groups is 1. The van der Waals surface area contributed by atoms with Gasteiger partial charge in [-0.1, -0.05) is 24.3 Å². The first-order chi connectivity index (χ1) is 8.14. The summed E-state index contributed by atoms with van der Waals surface area (Å²) in [5.41, 5.74) is 4.30. The third-order valence-corrected chi connectivity index (χ3v) is 3.15. The van der Waals surface area contributed by atoms with Crippen molar-refractivity contribution in [3.8, 4) is 0 Å². The number of nitrogens with zero attached hydrogens (tertiary/aromatic N) is 1. The molecular formula is C13H18N2O2. The molecule has 1 heterocycles.